The van der Waals surface area contributed by atoms with Gasteiger partial charge in [0.25, 0.3) is 0 Å². The summed E-state index contributed by atoms with van der Waals surface area (Å²) in [5.41, 5.74) is 0.993. The van der Waals surface area contributed by atoms with Crippen molar-refractivity contribution in [1.29, 1.82) is 0 Å². The summed E-state index contributed by atoms with van der Waals surface area (Å²) in [4.78, 5) is 27.9. The molecule has 2 aromatic rings. The fraction of sp³-hybridized carbons (Fsp3) is 0.391. The van der Waals surface area contributed by atoms with Crippen LogP contribution in [0.2, 0.25) is 10.0 Å². The van der Waals surface area contributed by atoms with Gasteiger partial charge in [0, 0.05) is 17.6 Å². The number of carbonyl (C=O) groups excluding carboxylic acids is 2. The van der Waals surface area contributed by atoms with Crippen LogP contribution in [0.1, 0.15) is 32.3 Å². The van der Waals surface area contributed by atoms with Crippen molar-refractivity contribution in [3.8, 4) is 0 Å². The summed E-state index contributed by atoms with van der Waals surface area (Å²) in [6, 6.07) is 10.9. The molecule has 1 atom stereocenters. The van der Waals surface area contributed by atoms with Crippen LogP contribution in [0.3, 0.4) is 0 Å². The molecule has 0 fully saturated rings. The average molecular weight is 593 g/mol. The van der Waals surface area contributed by atoms with E-state index >= 15 is 0 Å². The second-order valence-electron chi connectivity index (χ2n) is 7.71. The number of benzene rings is 2. The molecule has 0 heterocycles. The zero-order valence-electron chi connectivity index (χ0n) is 19.2. The molecule has 1 N–H and O–H groups in total. The maximum absolute atomic E-state index is 13.6. The Hall–Kier alpha value is -1.81. The van der Waals surface area contributed by atoms with E-state index in [2.05, 4.69) is 21.2 Å². The average Bonchev–Trinajstić information content (AvgIpc) is 2.78. The largest absolute Gasteiger partial charge is 0.354 e. The lowest BCUT2D eigenvalue weighted by Crippen LogP contribution is -2.52. The van der Waals surface area contributed by atoms with E-state index in [4.69, 9.17) is 23.2 Å². The Morgan fingerprint density at radius 1 is 1.09 bits per heavy atom. The number of anilines is 1. The number of nitrogens with one attached hydrogen (secondary N) is 1. The van der Waals surface area contributed by atoms with Gasteiger partial charge in [-0.3, -0.25) is 13.9 Å². The Morgan fingerprint density at radius 2 is 1.76 bits per heavy atom. The number of hydrogen-bond donors (Lipinski definition) is 1. The highest BCUT2D eigenvalue weighted by Gasteiger charge is 2.32. The Balaban J connectivity index is 2.46. The fourth-order valence-corrected chi connectivity index (χ4v) is 5.17. The molecular formula is C23H28BrCl2N3O4S. The quantitative estimate of drug-likeness (QED) is 0.404. The number of halogens is 3. The first-order chi connectivity index (χ1) is 16.0. The van der Waals surface area contributed by atoms with Crippen LogP contribution in [-0.2, 0) is 26.2 Å². The highest BCUT2D eigenvalue weighted by Crippen LogP contribution is 2.28. The highest BCUT2D eigenvalue weighted by atomic mass is 79.9. The molecule has 0 aliphatic carbocycles. The normalized spacial score (nSPS) is 12.2. The minimum atomic E-state index is -3.80. The van der Waals surface area contributed by atoms with Crippen LogP contribution in [0.4, 0.5) is 5.69 Å². The predicted molar refractivity (Wildman–Crippen MR) is 141 cm³/mol. The molecule has 0 radical (unpaired) electrons. The molecular weight excluding hydrogens is 565 g/mol. The number of amides is 2. The Bertz CT molecular complexity index is 1130. The third-order valence-corrected chi connectivity index (χ3v) is 7.61. The molecule has 0 saturated heterocycles. The van der Waals surface area contributed by atoms with E-state index in [1.165, 1.54) is 4.90 Å². The van der Waals surface area contributed by atoms with Crippen LogP contribution < -0.4 is 9.62 Å². The monoisotopic (exact) mass is 591 g/mol. The molecule has 0 saturated carbocycles. The van der Waals surface area contributed by atoms with Crippen LogP contribution in [0.25, 0.3) is 0 Å². The fourth-order valence-electron chi connectivity index (χ4n) is 3.37. The van der Waals surface area contributed by atoms with Gasteiger partial charge < -0.3 is 10.2 Å². The number of sulfonamides is 1. The van der Waals surface area contributed by atoms with Crippen LogP contribution in [-0.4, -0.2) is 50.5 Å². The van der Waals surface area contributed by atoms with Gasteiger partial charge >= 0.3 is 0 Å². The first-order valence-corrected chi connectivity index (χ1v) is 14.1. The van der Waals surface area contributed by atoms with Gasteiger partial charge in [-0.25, -0.2) is 8.42 Å². The molecule has 0 spiro atoms. The van der Waals surface area contributed by atoms with Crippen LogP contribution in [0.15, 0.2) is 46.9 Å². The van der Waals surface area contributed by atoms with Crippen molar-refractivity contribution in [3.05, 3.63) is 62.5 Å². The lowest BCUT2D eigenvalue weighted by molar-refractivity contribution is -0.140. The molecule has 2 rings (SSSR count). The molecule has 2 aromatic carbocycles. The van der Waals surface area contributed by atoms with Gasteiger partial charge in [0.05, 0.1) is 22.0 Å². The van der Waals surface area contributed by atoms with Gasteiger partial charge in [-0.05, 0) is 58.6 Å². The van der Waals surface area contributed by atoms with Crippen molar-refractivity contribution in [2.45, 2.75) is 39.3 Å². The second kappa shape index (κ2) is 12.8. The predicted octanol–water partition coefficient (Wildman–Crippen LogP) is 4.86. The van der Waals surface area contributed by atoms with Gasteiger partial charge in [-0.15, -0.1) is 0 Å². The molecule has 0 aromatic heterocycles. The Labute approximate surface area is 219 Å². The summed E-state index contributed by atoms with van der Waals surface area (Å²) < 4.78 is 26.8. The standard InChI is InChI=1S/C23H28BrCl2N3O4S/c1-4-12-27-23(31)20(5-2)28(14-16-10-11-18(25)19(26)13-16)22(30)15-29(34(3,32)33)21-9-7-6-8-17(21)24/h6-11,13,20H,4-5,12,14-15H2,1-3H3,(H,27,31)/t20-/m1/s1. The van der Waals surface area contributed by atoms with E-state index < -0.39 is 28.5 Å². The minimum absolute atomic E-state index is 0.0569. The molecule has 0 aliphatic rings. The summed E-state index contributed by atoms with van der Waals surface area (Å²) in [7, 11) is -3.80. The van der Waals surface area contributed by atoms with Crippen molar-refractivity contribution >= 4 is 66.7 Å². The van der Waals surface area contributed by atoms with Gasteiger partial charge in [-0.1, -0.05) is 55.2 Å². The zero-order valence-corrected chi connectivity index (χ0v) is 23.1. The van der Waals surface area contributed by atoms with E-state index in [9.17, 15) is 18.0 Å². The lowest BCUT2D eigenvalue weighted by Gasteiger charge is -2.33. The van der Waals surface area contributed by atoms with Crippen molar-refractivity contribution in [2.24, 2.45) is 0 Å². The lowest BCUT2D eigenvalue weighted by atomic mass is 10.1. The summed E-state index contributed by atoms with van der Waals surface area (Å²) in [6.45, 7) is 3.78. The summed E-state index contributed by atoms with van der Waals surface area (Å²) in [5, 5.41) is 3.52. The topological polar surface area (TPSA) is 86.8 Å². The highest BCUT2D eigenvalue weighted by molar-refractivity contribution is 9.10. The zero-order chi connectivity index (χ0) is 25.5. The summed E-state index contributed by atoms with van der Waals surface area (Å²) in [5.74, 6) is -0.824. The molecule has 0 bridgehead atoms. The molecule has 2 amide bonds. The van der Waals surface area contributed by atoms with Crippen LogP contribution >= 0.6 is 39.1 Å². The second-order valence-corrected chi connectivity index (χ2v) is 11.3. The Morgan fingerprint density at radius 3 is 2.32 bits per heavy atom. The third kappa shape index (κ3) is 7.60. The first-order valence-electron chi connectivity index (χ1n) is 10.7. The van der Waals surface area contributed by atoms with E-state index in [0.29, 0.717) is 38.7 Å². The van der Waals surface area contributed by atoms with E-state index in [-0.39, 0.29) is 12.5 Å². The van der Waals surface area contributed by atoms with Crippen molar-refractivity contribution in [2.75, 3.05) is 23.7 Å². The van der Waals surface area contributed by atoms with Gasteiger partial charge in [-0.2, -0.15) is 0 Å². The number of para-hydroxylation sites is 1. The molecule has 7 nitrogen and oxygen atoms in total. The van der Waals surface area contributed by atoms with Crippen LogP contribution in [0, 0.1) is 0 Å². The number of hydrogen-bond acceptors (Lipinski definition) is 4. The van der Waals surface area contributed by atoms with Gasteiger partial charge in [0.1, 0.15) is 12.6 Å². The minimum Gasteiger partial charge on any atom is -0.354 e. The number of rotatable bonds is 11. The Kier molecular flexibility index (Phi) is 10.7. The number of carbonyl (C=O) groups is 2. The summed E-state index contributed by atoms with van der Waals surface area (Å²) in [6.07, 6.45) is 2.12. The van der Waals surface area contributed by atoms with E-state index in [1.54, 1.807) is 49.4 Å². The summed E-state index contributed by atoms with van der Waals surface area (Å²) >= 11 is 15.5. The van der Waals surface area contributed by atoms with E-state index in [0.717, 1.165) is 17.0 Å². The van der Waals surface area contributed by atoms with Gasteiger partial charge in [0.2, 0.25) is 21.8 Å². The van der Waals surface area contributed by atoms with Gasteiger partial charge in [0.15, 0.2) is 0 Å². The number of nitrogens with zero attached hydrogens (tertiary/aromatic N) is 2. The SMILES string of the molecule is CCCNC(=O)[C@@H](CC)N(Cc1ccc(Cl)c(Cl)c1)C(=O)CN(c1ccccc1Br)S(C)(=O)=O. The molecule has 34 heavy (non-hydrogen) atoms. The molecule has 0 unspecified atom stereocenters. The van der Waals surface area contributed by atoms with Crippen LogP contribution in [0.5, 0.6) is 0 Å². The molecule has 186 valence electrons. The maximum Gasteiger partial charge on any atom is 0.244 e. The van der Waals surface area contributed by atoms with Crippen molar-refractivity contribution < 1.29 is 18.0 Å². The first kappa shape index (κ1) is 28.4. The van der Waals surface area contributed by atoms with Crippen molar-refractivity contribution in [3.63, 3.8) is 0 Å². The van der Waals surface area contributed by atoms with Crippen molar-refractivity contribution in [1.82, 2.24) is 10.2 Å². The third-order valence-electron chi connectivity index (χ3n) is 5.07. The molecule has 0 aliphatic heterocycles. The van der Waals surface area contributed by atoms with E-state index in [1.807, 2.05) is 6.92 Å². The maximum atomic E-state index is 13.6. The molecule has 11 heteroatoms. The smallest absolute Gasteiger partial charge is 0.244 e.